The average Bonchev–Trinajstić information content (AvgIpc) is 2.96. The first-order chi connectivity index (χ1) is 12.7. The van der Waals surface area contributed by atoms with Gasteiger partial charge in [-0.2, -0.15) is 0 Å². The smallest absolute Gasteiger partial charge is 0.244 e. The van der Waals surface area contributed by atoms with Crippen molar-refractivity contribution in [1.29, 1.82) is 0 Å². The van der Waals surface area contributed by atoms with Crippen molar-refractivity contribution in [2.24, 2.45) is 0 Å². The largest absolute Gasteiger partial charge is 0.357 e. The topological polar surface area (TPSA) is 45.2 Å². The second-order valence-electron chi connectivity index (χ2n) is 6.53. The van der Waals surface area contributed by atoms with Crippen molar-refractivity contribution in [3.05, 3.63) is 64.8 Å². The molecule has 1 N–H and O–H groups in total. The summed E-state index contributed by atoms with van der Waals surface area (Å²) in [5, 5.41) is 3.57. The summed E-state index contributed by atoms with van der Waals surface area (Å²) in [5.41, 5.74) is 1.94. The summed E-state index contributed by atoms with van der Waals surface area (Å²) in [7, 11) is 0. The number of benzene rings is 1. The molecule has 2 aromatic rings. The number of pyridine rings is 1. The van der Waals surface area contributed by atoms with E-state index in [9.17, 15) is 4.79 Å². The van der Waals surface area contributed by atoms with E-state index in [2.05, 4.69) is 21.3 Å². The van der Waals surface area contributed by atoms with Crippen molar-refractivity contribution in [3.8, 4) is 0 Å². The number of halogens is 1. The normalized spacial score (nSPS) is 15.0. The molecule has 1 saturated heterocycles. The van der Waals surface area contributed by atoms with Crippen molar-refractivity contribution >= 4 is 29.4 Å². The van der Waals surface area contributed by atoms with Crippen LogP contribution in [-0.4, -0.2) is 24.0 Å². The lowest BCUT2D eigenvalue weighted by Gasteiger charge is -2.21. The molecule has 1 aliphatic rings. The third-order valence-corrected chi connectivity index (χ3v) is 4.76. The fourth-order valence-electron chi connectivity index (χ4n) is 3.00. The molecule has 0 radical (unpaired) electrons. The lowest BCUT2D eigenvalue weighted by molar-refractivity contribution is -0.116. The van der Waals surface area contributed by atoms with Gasteiger partial charge in [0.15, 0.2) is 0 Å². The number of nitrogens with one attached hydrogen (secondary N) is 1. The fourth-order valence-corrected chi connectivity index (χ4v) is 3.13. The Balaban J connectivity index is 1.49. The van der Waals surface area contributed by atoms with Crippen molar-refractivity contribution < 1.29 is 4.79 Å². The molecule has 1 aliphatic heterocycles. The van der Waals surface area contributed by atoms with Crippen LogP contribution in [0.15, 0.2) is 48.7 Å². The van der Waals surface area contributed by atoms with Crippen LogP contribution in [0.5, 0.6) is 0 Å². The molecule has 0 aliphatic carbocycles. The van der Waals surface area contributed by atoms with Gasteiger partial charge in [0.05, 0.1) is 0 Å². The third kappa shape index (κ3) is 5.60. The first kappa shape index (κ1) is 18.5. The maximum atomic E-state index is 12.0. The van der Waals surface area contributed by atoms with Crippen LogP contribution in [0.2, 0.25) is 5.02 Å². The van der Waals surface area contributed by atoms with Crippen LogP contribution in [0, 0.1) is 0 Å². The van der Waals surface area contributed by atoms with Gasteiger partial charge in [0.25, 0.3) is 0 Å². The molecular weight excluding hydrogens is 346 g/mol. The second-order valence-corrected chi connectivity index (χ2v) is 6.97. The zero-order valence-electron chi connectivity index (χ0n) is 14.8. The van der Waals surface area contributed by atoms with E-state index in [1.165, 1.54) is 31.8 Å². The summed E-state index contributed by atoms with van der Waals surface area (Å²) in [6, 6.07) is 11.4. The van der Waals surface area contributed by atoms with Crippen LogP contribution in [0.4, 0.5) is 5.82 Å². The molecular formula is C21H24ClN3O. The van der Waals surface area contributed by atoms with Crippen LogP contribution < -0.4 is 10.2 Å². The molecule has 2 heterocycles. The van der Waals surface area contributed by atoms with Crippen LogP contribution >= 0.6 is 11.6 Å². The second kappa shape index (κ2) is 9.39. The van der Waals surface area contributed by atoms with Crippen LogP contribution in [0.3, 0.4) is 0 Å². The molecule has 0 spiro atoms. The van der Waals surface area contributed by atoms with E-state index in [1.807, 2.05) is 24.4 Å². The molecule has 1 fully saturated rings. The predicted octanol–water partition coefficient (Wildman–Crippen LogP) is 4.45. The highest BCUT2D eigenvalue weighted by molar-refractivity contribution is 6.30. The minimum absolute atomic E-state index is 0.128. The number of nitrogens with zero attached hydrogens (tertiary/aromatic N) is 2. The Hall–Kier alpha value is -2.33. The summed E-state index contributed by atoms with van der Waals surface area (Å²) in [6.45, 7) is 2.63. The molecule has 3 rings (SSSR count). The van der Waals surface area contributed by atoms with Gasteiger partial charge >= 0.3 is 0 Å². The molecule has 1 amide bonds. The summed E-state index contributed by atoms with van der Waals surface area (Å²) in [6.07, 6.45) is 10.2. The van der Waals surface area contributed by atoms with Crippen molar-refractivity contribution in [2.75, 3.05) is 18.0 Å². The van der Waals surface area contributed by atoms with Crippen LogP contribution in [0.25, 0.3) is 6.08 Å². The molecule has 136 valence electrons. The maximum Gasteiger partial charge on any atom is 0.244 e. The first-order valence-corrected chi connectivity index (χ1v) is 9.50. The maximum absolute atomic E-state index is 12.0. The molecule has 0 saturated carbocycles. The van der Waals surface area contributed by atoms with E-state index in [-0.39, 0.29) is 5.91 Å². The van der Waals surface area contributed by atoms with Crippen molar-refractivity contribution in [2.45, 2.75) is 32.2 Å². The predicted molar refractivity (Wildman–Crippen MR) is 107 cm³/mol. The third-order valence-electron chi connectivity index (χ3n) is 4.50. The number of carbonyl (C=O) groups is 1. The number of hydrogen-bond acceptors (Lipinski definition) is 3. The van der Waals surface area contributed by atoms with Gasteiger partial charge in [-0.1, -0.05) is 42.6 Å². The van der Waals surface area contributed by atoms with E-state index >= 15 is 0 Å². The Morgan fingerprint density at radius 2 is 1.81 bits per heavy atom. The molecule has 1 aromatic carbocycles. The van der Waals surface area contributed by atoms with Gasteiger partial charge in [0.2, 0.25) is 5.91 Å². The van der Waals surface area contributed by atoms with Gasteiger partial charge in [-0.05, 0) is 48.2 Å². The summed E-state index contributed by atoms with van der Waals surface area (Å²) < 4.78 is 0. The summed E-state index contributed by atoms with van der Waals surface area (Å²) in [4.78, 5) is 18.9. The van der Waals surface area contributed by atoms with E-state index in [0.29, 0.717) is 11.6 Å². The number of anilines is 1. The number of hydrogen-bond donors (Lipinski definition) is 1. The number of aromatic nitrogens is 1. The van der Waals surface area contributed by atoms with Gasteiger partial charge in [0, 0.05) is 36.9 Å². The lowest BCUT2D eigenvalue weighted by Crippen LogP contribution is -2.25. The highest BCUT2D eigenvalue weighted by Crippen LogP contribution is 2.17. The fraction of sp³-hybridized carbons (Fsp3) is 0.333. The number of amides is 1. The quantitative estimate of drug-likeness (QED) is 0.792. The van der Waals surface area contributed by atoms with Crippen LogP contribution in [-0.2, 0) is 11.3 Å². The summed E-state index contributed by atoms with van der Waals surface area (Å²) >= 11 is 5.85. The minimum atomic E-state index is -0.128. The number of rotatable bonds is 5. The molecule has 0 unspecified atom stereocenters. The molecule has 0 bridgehead atoms. The van der Waals surface area contributed by atoms with Gasteiger partial charge < -0.3 is 10.2 Å². The molecule has 26 heavy (non-hydrogen) atoms. The standard InChI is InChI=1S/C21H24ClN3O/c22-19-9-5-17(6-10-19)8-12-21(26)24-16-18-7-11-20(23-15-18)25-13-3-1-2-4-14-25/h5-12,15H,1-4,13-14,16H2,(H,24,26)/b12-8-. The van der Waals surface area contributed by atoms with E-state index in [4.69, 9.17) is 11.6 Å². The zero-order chi connectivity index (χ0) is 18.2. The Labute approximate surface area is 159 Å². The van der Waals surface area contributed by atoms with Gasteiger partial charge in [0.1, 0.15) is 5.82 Å². The number of carbonyl (C=O) groups excluding carboxylic acids is 1. The van der Waals surface area contributed by atoms with Gasteiger partial charge in [-0.25, -0.2) is 4.98 Å². The Kier molecular flexibility index (Phi) is 6.67. The molecule has 0 atom stereocenters. The SMILES string of the molecule is O=C(/C=C\c1ccc(Cl)cc1)NCc1ccc(N2CCCCCC2)nc1. The first-order valence-electron chi connectivity index (χ1n) is 9.12. The van der Waals surface area contributed by atoms with Gasteiger partial charge in [-0.3, -0.25) is 4.79 Å². The van der Waals surface area contributed by atoms with Crippen LogP contribution in [0.1, 0.15) is 36.8 Å². The van der Waals surface area contributed by atoms with E-state index in [0.717, 1.165) is 30.0 Å². The van der Waals surface area contributed by atoms with Crippen molar-refractivity contribution in [1.82, 2.24) is 10.3 Å². The zero-order valence-corrected chi connectivity index (χ0v) is 15.6. The monoisotopic (exact) mass is 369 g/mol. The highest BCUT2D eigenvalue weighted by Gasteiger charge is 2.10. The van der Waals surface area contributed by atoms with Gasteiger partial charge in [-0.15, -0.1) is 0 Å². The molecule has 5 heteroatoms. The Morgan fingerprint density at radius 3 is 2.46 bits per heavy atom. The summed E-state index contributed by atoms with van der Waals surface area (Å²) in [5.74, 6) is 0.904. The minimum Gasteiger partial charge on any atom is -0.357 e. The lowest BCUT2D eigenvalue weighted by atomic mass is 10.2. The molecule has 4 nitrogen and oxygen atoms in total. The van der Waals surface area contributed by atoms with Crippen molar-refractivity contribution in [3.63, 3.8) is 0 Å². The van der Waals surface area contributed by atoms with E-state index < -0.39 is 0 Å². The Morgan fingerprint density at radius 1 is 1.08 bits per heavy atom. The molecule has 1 aromatic heterocycles. The van der Waals surface area contributed by atoms with E-state index in [1.54, 1.807) is 18.2 Å². The highest BCUT2D eigenvalue weighted by atomic mass is 35.5. The average molecular weight is 370 g/mol. The Bertz CT molecular complexity index is 733.